The molecule has 1 aliphatic carbocycles. The van der Waals surface area contributed by atoms with Crippen LogP contribution < -0.4 is 0 Å². The minimum atomic E-state index is 0.00392. The Labute approximate surface area is 119 Å². The average Bonchev–Trinajstić information content (AvgIpc) is 2.96. The van der Waals surface area contributed by atoms with Crippen LogP contribution in [0, 0.1) is 0 Å². The lowest BCUT2D eigenvalue weighted by molar-refractivity contribution is -0.138. The summed E-state index contributed by atoms with van der Waals surface area (Å²) in [4.78, 5) is 26.8. The van der Waals surface area contributed by atoms with Crippen molar-refractivity contribution in [3.05, 3.63) is 0 Å². The molecule has 2 aliphatic rings. The van der Waals surface area contributed by atoms with Crippen LogP contribution in [0.2, 0.25) is 0 Å². The minimum absolute atomic E-state index is 0.00392. The maximum absolute atomic E-state index is 11.5. The summed E-state index contributed by atoms with van der Waals surface area (Å²) in [5.74, 6) is 1.20. The van der Waals surface area contributed by atoms with E-state index in [1.807, 2.05) is 0 Å². The smallest absolute Gasteiger partial charge is 0.229 e. The summed E-state index contributed by atoms with van der Waals surface area (Å²) in [6, 6.07) is 0.622. The summed E-state index contributed by atoms with van der Waals surface area (Å²) in [7, 11) is 2.12. The van der Waals surface area contributed by atoms with E-state index in [0.29, 0.717) is 25.4 Å². The Hall–Kier alpha value is -0.550. The van der Waals surface area contributed by atoms with Crippen LogP contribution in [0.3, 0.4) is 0 Å². The van der Waals surface area contributed by atoms with Crippen molar-refractivity contribution in [2.24, 2.45) is 0 Å². The monoisotopic (exact) mass is 284 g/mol. The van der Waals surface area contributed by atoms with Crippen LogP contribution in [-0.4, -0.2) is 58.8 Å². The molecule has 2 rings (SSSR count). The summed E-state index contributed by atoms with van der Waals surface area (Å²) in [5.41, 5.74) is 0. The molecular formula is C14H24N2O2S. The summed E-state index contributed by atoms with van der Waals surface area (Å²) < 4.78 is 0. The van der Waals surface area contributed by atoms with Gasteiger partial charge in [-0.05, 0) is 32.1 Å². The van der Waals surface area contributed by atoms with E-state index in [4.69, 9.17) is 0 Å². The van der Waals surface area contributed by atoms with Crippen molar-refractivity contribution >= 4 is 23.6 Å². The van der Waals surface area contributed by atoms with Gasteiger partial charge in [0.2, 0.25) is 11.8 Å². The zero-order valence-corrected chi connectivity index (χ0v) is 12.7. The molecule has 0 aromatic heterocycles. The number of rotatable bonds is 6. The second-order valence-electron chi connectivity index (χ2n) is 5.46. The number of hydrogen-bond donors (Lipinski definition) is 0. The molecule has 0 aromatic carbocycles. The predicted octanol–water partition coefficient (Wildman–Crippen LogP) is 1.74. The molecule has 0 bridgehead atoms. The highest BCUT2D eigenvalue weighted by Gasteiger charge is 2.31. The Morgan fingerprint density at radius 2 is 1.95 bits per heavy atom. The first-order valence-electron chi connectivity index (χ1n) is 7.26. The summed E-state index contributed by atoms with van der Waals surface area (Å²) in [6.45, 7) is 3.59. The van der Waals surface area contributed by atoms with Gasteiger partial charge in [0.1, 0.15) is 0 Å². The molecule has 1 heterocycles. The first kappa shape index (κ1) is 14.9. The van der Waals surface area contributed by atoms with Gasteiger partial charge in [0.25, 0.3) is 0 Å². The van der Waals surface area contributed by atoms with Gasteiger partial charge in [-0.15, -0.1) is 0 Å². The van der Waals surface area contributed by atoms with E-state index < -0.39 is 0 Å². The van der Waals surface area contributed by atoms with Crippen molar-refractivity contribution in [3.63, 3.8) is 0 Å². The molecule has 0 N–H and O–H groups in total. The highest BCUT2D eigenvalue weighted by atomic mass is 32.2. The first-order valence-corrected chi connectivity index (χ1v) is 8.31. The second kappa shape index (κ2) is 6.75. The molecule has 2 amide bonds. The van der Waals surface area contributed by atoms with E-state index in [1.54, 1.807) is 0 Å². The molecule has 0 spiro atoms. The molecule has 2 atom stereocenters. The van der Waals surface area contributed by atoms with Crippen molar-refractivity contribution in [3.8, 4) is 0 Å². The van der Waals surface area contributed by atoms with Crippen LogP contribution >= 0.6 is 11.8 Å². The number of hydrogen-bond acceptors (Lipinski definition) is 4. The molecular weight excluding hydrogens is 260 g/mol. The van der Waals surface area contributed by atoms with E-state index in [0.717, 1.165) is 11.8 Å². The van der Waals surface area contributed by atoms with Gasteiger partial charge in [-0.2, -0.15) is 11.8 Å². The van der Waals surface area contributed by atoms with Gasteiger partial charge in [-0.1, -0.05) is 6.92 Å². The topological polar surface area (TPSA) is 40.6 Å². The first-order chi connectivity index (χ1) is 9.11. The second-order valence-corrected chi connectivity index (χ2v) is 7.04. The highest BCUT2D eigenvalue weighted by molar-refractivity contribution is 7.99. The lowest BCUT2D eigenvalue weighted by Gasteiger charge is -2.26. The molecule has 5 heteroatoms. The molecule has 108 valence electrons. The van der Waals surface area contributed by atoms with E-state index in [2.05, 4.69) is 30.6 Å². The Balaban J connectivity index is 1.74. The highest BCUT2D eigenvalue weighted by Crippen LogP contribution is 2.32. The Bertz CT molecular complexity index is 332. The molecule has 1 saturated heterocycles. The molecule has 0 unspecified atom stereocenters. The van der Waals surface area contributed by atoms with E-state index in [-0.39, 0.29) is 11.8 Å². The molecule has 1 saturated carbocycles. The number of imide groups is 1. The van der Waals surface area contributed by atoms with Gasteiger partial charge in [0.05, 0.1) is 0 Å². The number of likely N-dealkylation sites (tertiary alicyclic amines) is 1. The van der Waals surface area contributed by atoms with Gasteiger partial charge in [0.15, 0.2) is 0 Å². The van der Waals surface area contributed by atoms with Crippen LogP contribution in [0.1, 0.15) is 39.0 Å². The summed E-state index contributed by atoms with van der Waals surface area (Å²) in [6.07, 6.45) is 4.60. The Morgan fingerprint density at radius 1 is 1.26 bits per heavy atom. The van der Waals surface area contributed by atoms with Crippen LogP contribution in [0.15, 0.2) is 0 Å². The minimum Gasteiger partial charge on any atom is -0.302 e. The maximum Gasteiger partial charge on any atom is 0.229 e. The van der Waals surface area contributed by atoms with Gasteiger partial charge >= 0.3 is 0 Å². The van der Waals surface area contributed by atoms with E-state index in [9.17, 15) is 9.59 Å². The number of amides is 2. The van der Waals surface area contributed by atoms with Gasteiger partial charge in [-0.3, -0.25) is 14.5 Å². The fourth-order valence-electron chi connectivity index (χ4n) is 3.02. The molecule has 0 radical (unpaired) electrons. The van der Waals surface area contributed by atoms with Gasteiger partial charge in [0, 0.05) is 37.2 Å². The number of nitrogens with zero attached hydrogens (tertiary/aromatic N) is 2. The largest absolute Gasteiger partial charge is 0.302 e. The predicted molar refractivity (Wildman–Crippen MR) is 78.1 cm³/mol. The van der Waals surface area contributed by atoms with Crippen LogP contribution in [0.25, 0.3) is 0 Å². The molecule has 2 fully saturated rings. The Kier molecular flexibility index (Phi) is 5.28. The Morgan fingerprint density at radius 3 is 2.58 bits per heavy atom. The lowest BCUT2D eigenvalue weighted by atomic mass is 10.2. The van der Waals surface area contributed by atoms with E-state index in [1.165, 1.54) is 29.9 Å². The standard InChI is InChI=1S/C14H24N2O2S/c1-3-19-12-5-4-11(10-12)15(2)8-9-16-13(17)6-7-14(16)18/h11-12H,3-10H2,1-2H3/t11-,12+/m0/s1. The molecule has 1 aliphatic heterocycles. The fraction of sp³-hybridized carbons (Fsp3) is 0.857. The molecule has 19 heavy (non-hydrogen) atoms. The zero-order valence-electron chi connectivity index (χ0n) is 11.9. The lowest BCUT2D eigenvalue weighted by Crippen LogP contribution is -2.39. The van der Waals surface area contributed by atoms with E-state index >= 15 is 0 Å². The number of carbonyl (C=O) groups is 2. The van der Waals surface area contributed by atoms with Crippen LogP contribution in [0.4, 0.5) is 0 Å². The maximum atomic E-state index is 11.5. The normalized spacial score (nSPS) is 27.8. The third kappa shape index (κ3) is 3.72. The van der Waals surface area contributed by atoms with Crippen molar-refractivity contribution in [1.29, 1.82) is 0 Å². The van der Waals surface area contributed by atoms with Crippen molar-refractivity contribution in [1.82, 2.24) is 9.80 Å². The average molecular weight is 284 g/mol. The van der Waals surface area contributed by atoms with Crippen molar-refractivity contribution < 1.29 is 9.59 Å². The summed E-state index contributed by atoms with van der Waals surface area (Å²) >= 11 is 2.06. The van der Waals surface area contributed by atoms with Crippen molar-refractivity contribution in [2.45, 2.75) is 50.3 Å². The van der Waals surface area contributed by atoms with Crippen molar-refractivity contribution in [2.75, 3.05) is 25.9 Å². The van der Waals surface area contributed by atoms with Gasteiger partial charge < -0.3 is 4.90 Å². The van der Waals surface area contributed by atoms with Crippen LogP contribution in [-0.2, 0) is 9.59 Å². The number of likely N-dealkylation sites (N-methyl/N-ethyl adjacent to an activating group) is 1. The zero-order chi connectivity index (χ0) is 13.8. The SMILES string of the molecule is CCS[C@@H]1CC[C@H](N(C)CCN2C(=O)CCC2=O)C1. The third-order valence-corrected chi connectivity index (χ3v) is 5.45. The van der Waals surface area contributed by atoms with Gasteiger partial charge in [-0.25, -0.2) is 0 Å². The summed E-state index contributed by atoms with van der Waals surface area (Å²) in [5, 5.41) is 0.799. The molecule has 4 nitrogen and oxygen atoms in total. The quantitative estimate of drug-likeness (QED) is 0.697. The fourth-order valence-corrected chi connectivity index (χ4v) is 4.15. The molecule has 0 aromatic rings. The van der Waals surface area contributed by atoms with Crippen LogP contribution in [0.5, 0.6) is 0 Å². The number of carbonyl (C=O) groups excluding carboxylic acids is 2. The number of thioether (sulfide) groups is 1. The third-order valence-electron chi connectivity index (χ3n) is 4.21.